The molecule has 0 aliphatic heterocycles. The summed E-state index contributed by atoms with van der Waals surface area (Å²) in [6, 6.07) is 11.4. The van der Waals surface area contributed by atoms with Gasteiger partial charge in [-0.05, 0) is 37.3 Å². The third-order valence-corrected chi connectivity index (χ3v) is 2.82. The largest absolute Gasteiger partial charge is 0.496 e. The zero-order valence-corrected chi connectivity index (χ0v) is 11.1. The lowest BCUT2D eigenvalue weighted by Crippen LogP contribution is -2.13. The van der Waals surface area contributed by atoms with Gasteiger partial charge in [0.15, 0.2) is 0 Å². The van der Waals surface area contributed by atoms with Gasteiger partial charge in [0, 0.05) is 12.1 Å². The van der Waals surface area contributed by atoms with E-state index in [1.807, 2.05) is 31.2 Å². The van der Waals surface area contributed by atoms with Gasteiger partial charge in [0.25, 0.3) is 0 Å². The predicted octanol–water partition coefficient (Wildman–Crippen LogP) is 2.76. The SMILES string of the molecule is COc1ccc(C#N)cc1CNCc1ccc(C)o1. The fourth-order valence-electron chi connectivity index (χ4n) is 1.89. The molecule has 0 aliphatic rings. The Labute approximate surface area is 112 Å². The summed E-state index contributed by atoms with van der Waals surface area (Å²) >= 11 is 0. The Morgan fingerprint density at radius 1 is 1.26 bits per heavy atom. The molecule has 98 valence electrons. The molecule has 1 aromatic carbocycles. The third kappa shape index (κ3) is 3.36. The molecule has 0 atom stereocenters. The van der Waals surface area contributed by atoms with E-state index in [9.17, 15) is 0 Å². The van der Waals surface area contributed by atoms with E-state index in [1.54, 1.807) is 13.2 Å². The van der Waals surface area contributed by atoms with Crippen LogP contribution in [0.25, 0.3) is 0 Å². The van der Waals surface area contributed by atoms with Crippen molar-refractivity contribution in [2.45, 2.75) is 20.0 Å². The first-order chi connectivity index (χ1) is 9.22. The van der Waals surface area contributed by atoms with Gasteiger partial charge in [-0.25, -0.2) is 0 Å². The average Bonchev–Trinajstić information content (AvgIpc) is 2.84. The van der Waals surface area contributed by atoms with Gasteiger partial charge < -0.3 is 14.5 Å². The van der Waals surface area contributed by atoms with Crippen LogP contribution in [-0.2, 0) is 13.1 Å². The summed E-state index contributed by atoms with van der Waals surface area (Å²) in [5, 5.41) is 12.2. The fourth-order valence-corrected chi connectivity index (χ4v) is 1.89. The van der Waals surface area contributed by atoms with Crippen LogP contribution < -0.4 is 10.1 Å². The number of nitrogens with zero attached hydrogens (tertiary/aromatic N) is 1. The summed E-state index contributed by atoms with van der Waals surface area (Å²) in [6.45, 7) is 3.19. The van der Waals surface area contributed by atoms with Gasteiger partial charge >= 0.3 is 0 Å². The normalized spacial score (nSPS) is 10.2. The highest BCUT2D eigenvalue weighted by Crippen LogP contribution is 2.19. The first-order valence-corrected chi connectivity index (χ1v) is 6.06. The number of hydrogen-bond acceptors (Lipinski definition) is 4. The maximum Gasteiger partial charge on any atom is 0.123 e. The van der Waals surface area contributed by atoms with Crippen LogP contribution in [0.5, 0.6) is 5.75 Å². The number of rotatable bonds is 5. The van der Waals surface area contributed by atoms with E-state index in [4.69, 9.17) is 14.4 Å². The van der Waals surface area contributed by atoms with Gasteiger partial charge in [-0.15, -0.1) is 0 Å². The molecule has 4 nitrogen and oxygen atoms in total. The summed E-state index contributed by atoms with van der Waals surface area (Å²) in [5.41, 5.74) is 1.59. The molecule has 0 saturated carbocycles. The van der Waals surface area contributed by atoms with Crippen LogP contribution in [-0.4, -0.2) is 7.11 Å². The van der Waals surface area contributed by atoms with Crippen molar-refractivity contribution >= 4 is 0 Å². The zero-order chi connectivity index (χ0) is 13.7. The Morgan fingerprint density at radius 2 is 2.11 bits per heavy atom. The minimum atomic E-state index is 0.623. The molecule has 4 heteroatoms. The molecule has 1 aromatic heterocycles. The Hall–Kier alpha value is -2.25. The van der Waals surface area contributed by atoms with E-state index in [1.165, 1.54) is 0 Å². The first kappa shape index (κ1) is 13.2. The lowest BCUT2D eigenvalue weighted by molar-refractivity contribution is 0.405. The molecule has 0 unspecified atom stereocenters. The van der Waals surface area contributed by atoms with Crippen LogP contribution in [0.1, 0.15) is 22.6 Å². The van der Waals surface area contributed by atoms with Crippen molar-refractivity contribution in [2.75, 3.05) is 7.11 Å². The summed E-state index contributed by atoms with van der Waals surface area (Å²) in [6.07, 6.45) is 0. The molecule has 0 fully saturated rings. The molecule has 0 radical (unpaired) electrons. The van der Waals surface area contributed by atoms with Crippen molar-refractivity contribution in [3.63, 3.8) is 0 Å². The lowest BCUT2D eigenvalue weighted by atomic mass is 10.1. The summed E-state index contributed by atoms with van der Waals surface area (Å²) in [7, 11) is 1.63. The van der Waals surface area contributed by atoms with Crippen LogP contribution in [0.15, 0.2) is 34.7 Å². The minimum Gasteiger partial charge on any atom is -0.496 e. The summed E-state index contributed by atoms with van der Waals surface area (Å²) < 4.78 is 10.8. The number of aryl methyl sites for hydroxylation is 1. The molecule has 0 amide bonds. The fraction of sp³-hybridized carbons (Fsp3) is 0.267. The van der Waals surface area contributed by atoms with Crippen LogP contribution in [0.2, 0.25) is 0 Å². The van der Waals surface area contributed by atoms with Crippen LogP contribution in [0.3, 0.4) is 0 Å². The van der Waals surface area contributed by atoms with E-state index < -0.39 is 0 Å². The molecule has 2 aromatic rings. The van der Waals surface area contributed by atoms with Crippen molar-refractivity contribution in [1.82, 2.24) is 5.32 Å². The maximum absolute atomic E-state index is 8.91. The highest BCUT2D eigenvalue weighted by molar-refractivity contribution is 5.41. The molecule has 1 heterocycles. The number of methoxy groups -OCH3 is 1. The Morgan fingerprint density at radius 3 is 2.74 bits per heavy atom. The van der Waals surface area contributed by atoms with Crippen molar-refractivity contribution in [2.24, 2.45) is 0 Å². The maximum atomic E-state index is 8.91. The smallest absolute Gasteiger partial charge is 0.123 e. The van der Waals surface area contributed by atoms with E-state index in [0.29, 0.717) is 18.7 Å². The van der Waals surface area contributed by atoms with E-state index in [-0.39, 0.29) is 0 Å². The number of nitrogens with one attached hydrogen (secondary N) is 1. The molecule has 0 saturated heterocycles. The highest BCUT2D eigenvalue weighted by atomic mass is 16.5. The molecular weight excluding hydrogens is 240 g/mol. The highest BCUT2D eigenvalue weighted by Gasteiger charge is 2.05. The molecular formula is C15H16N2O2. The molecule has 0 aliphatic carbocycles. The number of benzene rings is 1. The lowest BCUT2D eigenvalue weighted by Gasteiger charge is -2.09. The summed E-state index contributed by atoms with van der Waals surface area (Å²) in [4.78, 5) is 0. The number of nitriles is 1. The standard InChI is InChI=1S/C15H16N2O2/c1-11-3-5-14(19-11)10-17-9-13-7-12(8-16)4-6-15(13)18-2/h3-7,17H,9-10H2,1-2H3. The molecule has 2 rings (SSSR count). The van der Waals surface area contributed by atoms with Crippen molar-refractivity contribution in [1.29, 1.82) is 5.26 Å². The van der Waals surface area contributed by atoms with Crippen molar-refractivity contribution in [3.05, 3.63) is 53.0 Å². The van der Waals surface area contributed by atoms with E-state index in [2.05, 4.69) is 11.4 Å². The molecule has 1 N–H and O–H groups in total. The Balaban J connectivity index is 2.00. The molecule has 0 spiro atoms. The average molecular weight is 256 g/mol. The van der Waals surface area contributed by atoms with Gasteiger partial charge in [0.1, 0.15) is 17.3 Å². The van der Waals surface area contributed by atoms with Crippen LogP contribution in [0, 0.1) is 18.3 Å². The van der Waals surface area contributed by atoms with Crippen molar-refractivity contribution < 1.29 is 9.15 Å². The van der Waals surface area contributed by atoms with Crippen LogP contribution in [0.4, 0.5) is 0 Å². The molecule has 19 heavy (non-hydrogen) atoms. The van der Waals surface area contributed by atoms with Gasteiger partial charge in [0.05, 0.1) is 25.3 Å². The van der Waals surface area contributed by atoms with Gasteiger partial charge in [-0.3, -0.25) is 0 Å². The number of hydrogen-bond donors (Lipinski definition) is 1. The Kier molecular flexibility index (Phi) is 4.22. The topological polar surface area (TPSA) is 58.2 Å². The Bertz CT molecular complexity index is 596. The first-order valence-electron chi connectivity index (χ1n) is 6.06. The quantitative estimate of drug-likeness (QED) is 0.893. The second-order valence-electron chi connectivity index (χ2n) is 4.25. The third-order valence-electron chi connectivity index (χ3n) is 2.82. The van der Waals surface area contributed by atoms with E-state index in [0.717, 1.165) is 22.8 Å². The van der Waals surface area contributed by atoms with E-state index >= 15 is 0 Å². The van der Waals surface area contributed by atoms with Gasteiger partial charge in [-0.2, -0.15) is 5.26 Å². The second-order valence-corrected chi connectivity index (χ2v) is 4.25. The van der Waals surface area contributed by atoms with Crippen LogP contribution >= 0.6 is 0 Å². The predicted molar refractivity (Wildman–Crippen MR) is 71.7 cm³/mol. The monoisotopic (exact) mass is 256 g/mol. The zero-order valence-electron chi connectivity index (χ0n) is 11.1. The second kappa shape index (κ2) is 6.07. The number of furan rings is 1. The minimum absolute atomic E-state index is 0.623. The van der Waals surface area contributed by atoms with Gasteiger partial charge in [0.2, 0.25) is 0 Å². The van der Waals surface area contributed by atoms with Crippen molar-refractivity contribution in [3.8, 4) is 11.8 Å². The summed E-state index contributed by atoms with van der Waals surface area (Å²) in [5.74, 6) is 2.58. The number of ether oxygens (including phenoxy) is 1. The van der Waals surface area contributed by atoms with Gasteiger partial charge in [-0.1, -0.05) is 0 Å². The molecule has 0 bridgehead atoms.